The van der Waals surface area contributed by atoms with Crippen molar-refractivity contribution in [2.45, 2.75) is 70.0 Å². The Balaban J connectivity index is 2.19. The van der Waals surface area contributed by atoms with Gasteiger partial charge in [-0.3, -0.25) is 4.90 Å². The van der Waals surface area contributed by atoms with E-state index in [4.69, 9.17) is 0 Å². The maximum atomic E-state index is 9.38. The molecule has 1 N–H and O–H groups in total. The van der Waals surface area contributed by atoms with Gasteiger partial charge in [-0.15, -0.1) is 0 Å². The van der Waals surface area contributed by atoms with Crippen molar-refractivity contribution in [3.63, 3.8) is 0 Å². The molecule has 0 radical (unpaired) electrons. The van der Waals surface area contributed by atoms with Crippen LogP contribution in [0.15, 0.2) is 0 Å². The number of aliphatic hydroxyl groups is 1. The molecular weight excluding hydrogens is 224 g/mol. The van der Waals surface area contributed by atoms with Gasteiger partial charge in [0.25, 0.3) is 0 Å². The number of hydrogen-bond donors (Lipinski definition) is 1. The Hall–Kier alpha value is -0.120. The van der Waals surface area contributed by atoms with Gasteiger partial charge in [-0.1, -0.05) is 12.8 Å². The lowest BCUT2D eigenvalue weighted by Gasteiger charge is -2.46. The molecule has 1 saturated carbocycles. The van der Waals surface area contributed by atoms with Crippen molar-refractivity contribution in [3.8, 4) is 0 Å². The van der Waals surface area contributed by atoms with Crippen LogP contribution in [-0.4, -0.2) is 59.3 Å². The van der Waals surface area contributed by atoms with Gasteiger partial charge in [-0.2, -0.15) is 0 Å². The van der Waals surface area contributed by atoms with Crippen LogP contribution in [0.2, 0.25) is 0 Å². The summed E-state index contributed by atoms with van der Waals surface area (Å²) in [6.45, 7) is 7.40. The molecule has 1 heterocycles. The Morgan fingerprint density at radius 2 is 1.89 bits per heavy atom. The summed E-state index contributed by atoms with van der Waals surface area (Å²) in [6.07, 6.45) is 7.65. The Labute approximate surface area is 112 Å². The van der Waals surface area contributed by atoms with Gasteiger partial charge in [0.1, 0.15) is 0 Å². The first kappa shape index (κ1) is 14.3. The van der Waals surface area contributed by atoms with Crippen LogP contribution in [0.3, 0.4) is 0 Å². The summed E-state index contributed by atoms with van der Waals surface area (Å²) >= 11 is 0. The molecule has 0 aromatic carbocycles. The fraction of sp³-hybridized carbons (Fsp3) is 1.00. The second kappa shape index (κ2) is 5.89. The predicted molar refractivity (Wildman–Crippen MR) is 75.8 cm³/mol. The zero-order valence-electron chi connectivity index (χ0n) is 12.4. The van der Waals surface area contributed by atoms with Crippen LogP contribution in [0.1, 0.15) is 52.4 Å². The molecule has 2 aliphatic rings. The normalized spacial score (nSPS) is 31.7. The van der Waals surface area contributed by atoms with Gasteiger partial charge in [0, 0.05) is 30.8 Å². The Bertz CT molecular complexity index is 261. The second-order valence-corrected chi connectivity index (χ2v) is 6.84. The van der Waals surface area contributed by atoms with Crippen LogP contribution in [-0.2, 0) is 0 Å². The van der Waals surface area contributed by atoms with Crippen molar-refractivity contribution in [1.29, 1.82) is 0 Å². The maximum absolute atomic E-state index is 9.38. The molecule has 0 bridgehead atoms. The number of rotatable bonds is 3. The molecule has 3 nitrogen and oxygen atoms in total. The number of nitrogens with zero attached hydrogens (tertiary/aromatic N) is 2. The molecule has 1 unspecified atom stereocenters. The molecule has 2 fully saturated rings. The SMILES string of the molecule is CN1CCC(C)(C)N(C2CCCC2)C(CCO)C1. The smallest absolute Gasteiger partial charge is 0.0446 e. The van der Waals surface area contributed by atoms with E-state index in [2.05, 4.69) is 30.7 Å². The van der Waals surface area contributed by atoms with E-state index in [0.717, 1.165) is 19.0 Å². The maximum Gasteiger partial charge on any atom is 0.0446 e. The lowest BCUT2D eigenvalue weighted by molar-refractivity contribution is 0.0200. The highest BCUT2D eigenvalue weighted by Crippen LogP contribution is 2.35. The molecule has 1 saturated heterocycles. The highest BCUT2D eigenvalue weighted by Gasteiger charge is 2.40. The lowest BCUT2D eigenvalue weighted by Crippen LogP contribution is -2.55. The molecule has 2 rings (SSSR count). The van der Waals surface area contributed by atoms with E-state index in [1.54, 1.807) is 0 Å². The fourth-order valence-corrected chi connectivity index (χ4v) is 3.98. The average molecular weight is 254 g/mol. The lowest BCUT2D eigenvalue weighted by atomic mass is 9.93. The summed E-state index contributed by atoms with van der Waals surface area (Å²) < 4.78 is 0. The van der Waals surface area contributed by atoms with E-state index in [9.17, 15) is 5.11 Å². The molecule has 0 aromatic rings. The largest absolute Gasteiger partial charge is 0.396 e. The van der Waals surface area contributed by atoms with Gasteiger partial charge < -0.3 is 10.0 Å². The number of hydrogen-bond acceptors (Lipinski definition) is 3. The van der Waals surface area contributed by atoms with E-state index in [1.165, 1.54) is 38.6 Å². The van der Waals surface area contributed by atoms with Gasteiger partial charge >= 0.3 is 0 Å². The monoisotopic (exact) mass is 254 g/mol. The average Bonchev–Trinajstić information content (AvgIpc) is 2.76. The first-order valence-corrected chi connectivity index (χ1v) is 7.62. The molecule has 1 aliphatic heterocycles. The molecule has 1 atom stereocenters. The van der Waals surface area contributed by atoms with Crippen molar-refractivity contribution in [1.82, 2.24) is 9.80 Å². The quantitative estimate of drug-likeness (QED) is 0.835. The third-order valence-corrected chi connectivity index (χ3v) is 4.90. The molecular formula is C15H30N2O. The summed E-state index contributed by atoms with van der Waals surface area (Å²) in [7, 11) is 2.22. The summed E-state index contributed by atoms with van der Waals surface area (Å²) in [4.78, 5) is 5.21. The highest BCUT2D eigenvalue weighted by molar-refractivity contribution is 4.96. The molecule has 0 amide bonds. The Kier molecular flexibility index (Phi) is 4.68. The predicted octanol–water partition coefficient (Wildman–Crippen LogP) is 2.10. The van der Waals surface area contributed by atoms with Crippen LogP contribution in [0, 0.1) is 0 Å². The summed E-state index contributed by atoms with van der Waals surface area (Å²) in [5.74, 6) is 0. The van der Waals surface area contributed by atoms with Crippen molar-refractivity contribution >= 4 is 0 Å². The summed E-state index contributed by atoms with van der Waals surface area (Å²) in [6, 6.07) is 1.28. The highest BCUT2D eigenvalue weighted by atomic mass is 16.3. The minimum Gasteiger partial charge on any atom is -0.396 e. The van der Waals surface area contributed by atoms with E-state index in [-0.39, 0.29) is 5.54 Å². The van der Waals surface area contributed by atoms with Crippen molar-refractivity contribution in [3.05, 3.63) is 0 Å². The van der Waals surface area contributed by atoms with Crippen LogP contribution < -0.4 is 0 Å². The van der Waals surface area contributed by atoms with Gasteiger partial charge in [0.05, 0.1) is 0 Å². The zero-order valence-corrected chi connectivity index (χ0v) is 12.4. The second-order valence-electron chi connectivity index (χ2n) is 6.84. The first-order chi connectivity index (χ1) is 8.54. The van der Waals surface area contributed by atoms with Gasteiger partial charge in [-0.05, 0) is 53.1 Å². The van der Waals surface area contributed by atoms with Crippen LogP contribution in [0.5, 0.6) is 0 Å². The van der Waals surface area contributed by atoms with Crippen LogP contribution in [0.4, 0.5) is 0 Å². The Morgan fingerprint density at radius 1 is 1.22 bits per heavy atom. The van der Waals surface area contributed by atoms with Crippen LogP contribution >= 0.6 is 0 Å². The van der Waals surface area contributed by atoms with Crippen molar-refractivity contribution in [2.24, 2.45) is 0 Å². The summed E-state index contributed by atoms with van der Waals surface area (Å²) in [5.41, 5.74) is 0.277. The van der Waals surface area contributed by atoms with E-state index >= 15 is 0 Å². The molecule has 0 aromatic heterocycles. The molecule has 3 heteroatoms. The van der Waals surface area contributed by atoms with Gasteiger partial charge in [0.15, 0.2) is 0 Å². The molecule has 106 valence electrons. The van der Waals surface area contributed by atoms with Crippen molar-refractivity contribution < 1.29 is 5.11 Å². The fourth-order valence-electron chi connectivity index (χ4n) is 3.98. The van der Waals surface area contributed by atoms with E-state index in [1.807, 2.05) is 0 Å². The molecule has 0 spiro atoms. The van der Waals surface area contributed by atoms with Crippen LogP contribution in [0.25, 0.3) is 0 Å². The summed E-state index contributed by atoms with van der Waals surface area (Å²) in [5, 5.41) is 9.38. The van der Waals surface area contributed by atoms with E-state index < -0.39 is 0 Å². The number of aliphatic hydroxyl groups excluding tert-OH is 1. The Morgan fingerprint density at radius 3 is 2.50 bits per heavy atom. The minimum atomic E-state index is 0.277. The van der Waals surface area contributed by atoms with E-state index in [0.29, 0.717) is 12.6 Å². The third kappa shape index (κ3) is 3.06. The standard InChI is InChI=1S/C15H30N2O/c1-15(2)9-10-16(3)12-14(8-11-18)17(15)13-6-4-5-7-13/h13-14,18H,4-12H2,1-3H3. The minimum absolute atomic E-state index is 0.277. The topological polar surface area (TPSA) is 26.7 Å². The van der Waals surface area contributed by atoms with Gasteiger partial charge in [0.2, 0.25) is 0 Å². The van der Waals surface area contributed by atoms with Crippen molar-refractivity contribution in [2.75, 3.05) is 26.7 Å². The number of likely N-dealkylation sites (N-methyl/N-ethyl adjacent to an activating group) is 1. The first-order valence-electron chi connectivity index (χ1n) is 7.62. The molecule has 18 heavy (non-hydrogen) atoms. The van der Waals surface area contributed by atoms with Gasteiger partial charge in [-0.25, -0.2) is 0 Å². The third-order valence-electron chi connectivity index (χ3n) is 4.90. The zero-order chi connectivity index (χ0) is 13.2. The molecule has 1 aliphatic carbocycles.